The molecule has 0 spiro atoms. The summed E-state index contributed by atoms with van der Waals surface area (Å²) in [5.41, 5.74) is -0.510. The van der Waals surface area contributed by atoms with Crippen LogP contribution in [-0.4, -0.2) is 53.1 Å². The molecule has 110 valence electrons. The Labute approximate surface area is 115 Å². The number of urea groups is 1. The van der Waals surface area contributed by atoms with Gasteiger partial charge in [0.25, 0.3) is 0 Å². The van der Waals surface area contributed by atoms with Gasteiger partial charge in [0, 0.05) is 19.6 Å². The molecule has 1 fully saturated rings. The first kappa shape index (κ1) is 15.8. The lowest BCUT2D eigenvalue weighted by molar-refractivity contribution is -0.159. The molecular weight excluding hydrogens is 244 g/mol. The Kier molecular flexibility index (Phi) is 5.20. The van der Waals surface area contributed by atoms with Crippen LogP contribution in [0, 0.1) is 0 Å². The van der Waals surface area contributed by atoms with E-state index in [0.717, 1.165) is 6.42 Å². The highest BCUT2D eigenvalue weighted by molar-refractivity contribution is 5.84. The summed E-state index contributed by atoms with van der Waals surface area (Å²) in [4.78, 5) is 27.9. The van der Waals surface area contributed by atoms with Crippen molar-refractivity contribution in [2.45, 2.75) is 59.1 Å². The van der Waals surface area contributed by atoms with E-state index in [4.69, 9.17) is 4.74 Å². The standard InChI is InChI=1S/C14H26N2O3/c1-6-15(7-2)13(18)16-10-8-9-11(16)12(17)19-14(3,4)5/h11H,6-10H2,1-5H3/t11-/m1/s1. The van der Waals surface area contributed by atoms with Crippen molar-refractivity contribution in [3.05, 3.63) is 0 Å². The van der Waals surface area contributed by atoms with Crippen molar-refractivity contribution in [1.82, 2.24) is 9.80 Å². The number of esters is 1. The van der Waals surface area contributed by atoms with Gasteiger partial charge in [-0.05, 0) is 47.5 Å². The van der Waals surface area contributed by atoms with Crippen molar-refractivity contribution in [2.75, 3.05) is 19.6 Å². The quantitative estimate of drug-likeness (QED) is 0.739. The summed E-state index contributed by atoms with van der Waals surface area (Å²) < 4.78 is 5.40. The van der Waals surface area contributed by atoms with Crippen molar-refractivity contribution in [3.8, 4) is 0 Å². The number of ether oxygens (including phenoxy) is 1. The van der Waals surface area contributed by atoms with Crippen LogP contribution in [-0.2, 0) is 9.53 Å². The van der Waals surface area contributed by atoms with Crippen LogP contribution in [0.4, 0.5) is 4.79 Å². The Hall–Kier alpha value is -1.26. The molecule has 0 N–H and O–H groups in total. The Morgan fingerprint density at radius 1 is 1.26 bits per heavy atom. The first-order chi connectivity index (χ1) is 8.80. The van der Waals surface area contributed by atoms with Crippen molar-refractivity contribution in [3.63, 3.8) is 0 Å². The number of amides is 2. The van der Waals surface area contributed by atoms with E-state index in [9.17, 15) is 9.59 Å². The third-order valence-electron chi connectivity index (χ3n) is 3.21. The average molecular weight is 270 g/mol. The Balaban J connectivity index is 2.73. The summed E-state index contributed by atoms with van der Waals surface area (Å²) in [6.45, 7) is 11.4. The van der Waals surface area contributed by atoms with Gasteiger partial charge in [-0.3, -0.25) is 0 Å². The minimum Gasteiger partial charge on any atom is -0.458 e. The van der Waals surface area contributed by atoms with E-state index in [2.05, 4.69) is 0 Å². The smallest absolute Gasteiger partial charge is 0.329 e. The number of carbonyl (C=O) groups is 2. The number of hydrogen-bond acceptors (Lipinski definition) is 3. The van der Waals surface area contributed by atoms with E-state index in [1.54, 1.807) is 9.80 Å². The number of likely N-dealkylation sites (tertiary alicyclic amines) is 1. The minimum atomic E-state index is -0.510. The summed E-state index contributed by atoms with van der Waals surface area (Å²) in [5.74, 6) is -0.287. The van der Waals surface area contributed by atoms with Crippen LogP contribution in [0.25, 0.3) is 0 Å². The third kappa shape index (κ3) is 4.11. The Bertz CT molecular complexity index is 332. The monoisotopic (exact) mass is 270 g/mol. The number of nitrogens with zero attached hydrogens (tertiary/aromatic N) is 2. The van der Waals surface area contributed by atoms with Crippen LogP contribution in [0.2, 0.25) is 0 Å². The minimum absolute atomic E-state index is 0.0571. The van der Waals surface area contributed by atoms with Crippen LogP contribution >= 0.6 is 0 Å². The molecule has 0 radical (unpaired) electrons. The van der Waals surface area contributed by atoms with E-state index in [0.29, 0.717) is 26.1 Å². The Morgan fingerprint density at radius 3 is 2.32 bits per heavy atom. The van der Waals surface area contributed by atoms with Gasteiger partial charge in [-0.2, -0.15) is 0 Å². The fourth-order valence-corrected chi connectivity index (χ4v) is 2.29. The highest BCUT2D eigenvalue weighted by atomic mass is 16.6. The van der Waals surface area contributed by atoms with Crippen LogP contribution in [0.5, 0.6) is 0 Å². The van der Waals surface area contributed by atoms with Gasteiger partial charge in [0.2, 0.25) is 0 Å². The van der Waals surface area contributed by atoms with Gasteiger partial charge in [0.15, 0.2) is 0 Å². The summed E-state index contributed by atoms with van der Waals surface area (Å²) in [6, 6.07) is -0.481. The SMILES string of the molecule is CCN(CC)C(=O)N1CCC[C@@H]1C(=O)OC(C)(C)C. The molecule has 0 aromatic heterocycles. The van der Waals surface area contributed by atoms with Gasteiger partial charge in [-0.1, -0.05) is 0 Å². The topological polar surface area (TPSA) is 49.9 Å². The molecule has 2 amide bonds. The number of carbonyl (C=O) groups excluding carboxylic acids is 2. The molecule has 1 heterocycles. The molecule has 1 aliphatic rings. The largest absolute Gasteiger partial charge is 0.458 e. The molecule has 0 aliphatic carbocycles. The summed E-state index contributed by atoms with van der Waals surface area (Å²) in [5, 5.41) is 0. The molecule has 1 aliphatic heterocycles. The lowest BCUT2D eigenvalue weighted by Gasteiger charge is -2.31. The van der Waals surface area contributed by atoms with Gasteiger partial charge < -0.3 is 14.5 Å². The maximum atomic E-state index is 12.3. The molecule has 1 saturated heterocycles. The molecule has 0 unspecified atom stereocenters. The van der Waals surface area contributed by atoms with Gasteiger partial charge in [-0.15, -0.1) is 0 Å². The van der Waals surface area contributed by atoms with Crippen molar-refractivity contribution < 1.29 is 14.3 Å². The van der Waals surface area contributed by atoms with E-state index in [1.807, 2.05) is 34.6 Å². The number of hydrogen-bond donors (Lipinski definition) is 0. The van der Waals surface area contributed by atoms with Crippen LogP contribution in [0.1, 0.15) is 47.5 Å². The zero-order valence-corrected chi connectivity index (χ0v) is 12.7. The summed E-state index contributed by atoms with van der Waals surface area (Å²) in [7, 11) is 0. The summed E-state index contributed by atoms with van der Waals surface area (Å²) >= 11 is 0. The molecule has 5 nitrogen and oxygen atoms in total. The first-order valence-corrected chi connectivity index (χ1v) is 7.08. The van der Waals surface area contributed by atoms with Crippen LogP contribution in [0.3, 0.4) is 0 Å². The van der Waals surface area contributed by atoms with Crippen LogP contribution < -0.4 is 0 Å². The van der Waals surface area contributed by atoms with E-state index in [-0.39, 0.29) is 12.0 Å². The summed E-state index contributed by atoms with van der Waals surface area (Å²) in [6.07, 6.45) is 1.55. The lowest BCUT2D eigenvalue weighted by atomic mass is 10.1. The molecule has 0 bridgehead atoms. The molecule has 1 rings (SSSR count). The number of rotatable bonds is 3. The predicted octanol–water partition coefficient (Wildman–Crippen LogP) is 2.25. The second-order valence-corrected chi connectivity index (χ2v) is 5.84. The molecule has 19 heavy (non-hydrogen) atoms. The van der Waals surface area contributed by atoms with Crippen LogP contribution in [0.15, 0.2) is 0 Å². The maximum Gasteiger partial charge on any atom is 0.329 e. The van der Waals surface area contributed by atoms with E-state index >= 15 is 0 Å². The molecule has 1 atom stereocenters. The van der Waals surface area contributed by atoms with Crippen molar-refractivity contribution >= 4 is 12.0 Å². The maximum absolute atomic E-state index is 12.3. The third-order valence-corrected chi connectivity index (χ3v) is 3.21. The normalized spacial score (nSPS) is 19.4. The van der Waals surface area contributed by atoms with Gasteiger partial charge in [0.05, 0.1) is 0 Å². The molecule has 5 heteroatoms. The van der Waals surface area contributed by atoms with Gasteiger partial charge >= 0.3 is 12.0 Å². The van der Waals surface area contributed by atoms with Gasteiger partial charge in [0.1, 0.15) is 11.6 Å². The second kappa shape index (κ2) is 6.26. The highest BCUT2D eigenvalue weighted by Gasteiger charge is 2.38. The first-order valence-electron chi connectivity index (χ1n) is 7.08. The zero-order valence-electron chi connectivity index (χ0n) is 12.7. The highest BCUT2D eigenvalue weighted by Crippen LogP contribution is 2.22. The molecule has 0 saturated carbocycles. The molecule has 0 aromatic carbocycles. The zero-order chi connectivity index (χ0) is 14.6. The fourth-order valence-electron chi connectivity index (χ4n) is 2.29. The molecule has 0 aromatic rings. The lowest BCUT2D eigenvalue weighted by Crippen LogP contribution is -2.49. The van der Waals surface area contributed by atoms with Crippen molar-refractivity contribution in [2.24, 2.45) is 0 Å². The molecular formula is C14H26N2O3. The van der Waals surface area contributed by atoms with Crippen molar-refractivity contribution in [1.29, 1.82) is 0 Å². The fraction of sp³-hybridized carbons (Fsp3) is 0.857. The van der Waals surface area contributed by atoms with Gasteiger partial charge in [-0.25, -0.2) is 9.59 Å². The average Bonchev–Trinajstić information content (AvgIpc) is 2.76. The Morgan fingerprint density at radius 2 is 1.84 bits per heavy atom. The second-order valence-electron chi connectivity index (χ2n) is 5.84. The predicted molar refractivity (Wildman–Crippen MR) is 73.9 cm³/mol. The van der Waals surface area contributed by atoms with E-state index < -0.39 is 11.6 Å². The van der Waals surface area contributed by atoms with E-state index in [1.165, 1.54) is 0 Å².